The first-order valence-electron chi connectivity index (χ1n) is 6.76. The van der Waals surface area contributed by atoms with E-state index in [4.69, 9.17) is 0 Å². The van der Waals surface area contributed by atoms with Gasteiger partial charge >= 0.3 is 0 Å². The standard InChI is InChI=1S/C15H20FN3/c1-3-10-17-15(12-5-7-13(16)8-6-12)14-9-11-18-19(14)4-2/h5-9,11,15,17H,3-4,10H2,1-2H3. The van der Waals surface area contributed by atoms with Crippen LogP contribution in [0.5, 0.6) is 0 Å². The summed E-state index contributed by atoms with van der Waals surface area (Å²) in [5, 5.41) is 7.81. The number of nitrogens with zero attached hydrogens (tertiary/aromatic N) is 2. The van der Waals surface area contributed by atoms with Gasteiger partial charge in [0, 0.05) is 12.7 Å². The Labute approximate surface area is 113 Å². The van der Waals surface area contributed by atoms with Crippen molar-refractivity contribution >= 4 is 0 Å². The fraction of sp³-hybridized carbons (Fsp3) is 0.400. The first-order chi connectivity index (χ1) is 9.26. The van der Waals surface area contributed by atoms with Crippen molar-refractivity contribution in [2.75, 3.05) is 6.54 Å². The van der Waals surface area contributed by atoms with Gasteiger partial charge in [-0.3, -0.25) is 4.68 Å². The number of halogens is 1. The molecule has 1 aromatic carbocycles. The van der Waals surface area contributed by atoms with E-state index in [9.17, 15) is 4.39 Å². The van der Waals surface area contributed by atoms with Gasteiger partial charge in [0.15, 0.2) is 0 Å². The monoisotopic (exact) mass is 261 g/mol. The SMILES string of the molecule is CCCNC(c1ccc(F)cc1)c1ccnn1CC. The van der Waals surface area contributed by atoms with Crippen LogP contribution in [0.3, 0.4) is 0 Å². The summed E-state index contributed by atoms with van der Waals surface area (Å²) in [6.07, 6.45) is 2.86. The molecule has 1 atom stereocenters. The minimum atomic E-state index is -0.206. The van der Waals surface area contributed by atoms with Gasteiger partial charge in [-0.2, -0.15) is 5.10 Å². The Balaban J connectivity index is 2.32. The molecular weight excluding hydrogens is 241 g/mol. The van der Waals surface area contributed by atoms with Crippen LogP contribution in [0, 0.1) is 5.82 Å². The third kappa shape index (κ3) is 3.20. The smallest absolute Gasteiger partial charge is 0.123 e. The van der Waals surface area contributed by atoms with E-state index < -0.39 is 0 Å². The van der Waals surface area contributed by atoms with Gasteiger partial charge in [-0.05, 0) is 43.7 Å². The molecule has 19 heavy (non-hydrogen) atoms. The molecule has 1 N–H and O–H groups in total. The minimum Gasteiger partial charge on any atom is -0.305 e. The molecule has 0 fully saturated rings. The number of benzene rings is 1. The summed E-state index contributed by atoms with van der Waals surface area (Å²) in [5.41, 5.74) is 2.17. The minimum absolute atomic E-state index is 0.0583. The fourth-order valence-electron chi connectivity index (χ4n) is 2.19. The van der Waals surface area contributed by atoms with Crippen molar-refractivity contribution in [3.8, 4) is 0 Å². The summed E-state index contributed by atoms with van der Waals surface area (Å²) in [4.78, 5) is 0. The third-order valence-electron chi connectivity index (χ3n) is 3.15. The maximum absolute atomic E-state index is 13.1. The molecule has 2 rings (SSSR count). The molecule has 0 spiro atoms. The molecular formula is C15H20FN3. The van der Waals surface area contributed by atoms with E-state index in [0.717, 1.165) is 30.8 Å². The maximum Gasteiger partial charge on any atom is 0.123 e. The van der Waals surface area contributed by atoms with Gasteiger partial charge in [-0.15, -0.1) is 0 Å². The number of aryl methyl sites for hydroxylation is 1. The zero-order valence-corrected chi connectivity index (χ0v) is 11.4. The van der Waals surface area contributed by atoms with Crippen LogP contribution < -0.4 is 5.32 Å². The van der Waals surface area contributed by atoms with E-state index in [1.807, 2.05) is 29.1 Å². The Morgan fingerprint density at radius 1 is 1.21 bits per heavy atom. The normalized spacial score (nSPS) is 12.6. The number of hydrogen-bond donors (Lipinski definition) is 1. The van der Waals surface area contributed by atoms with E-state index in [0.29, 0.717) is 0 Å². The highest BCUT2D eigenvalue weighted by atomic mass is 19.1. The first kappa shape index (κ1) is 13.7. The number of rotatable bonds is 6. The van der Waals surface area contributed by atoms with Crippen LogP contribution >= 0.6 is 0 Å². The van der Waals surface area contributed by atoms with Crippen molar-refractivity contribution < 1.29 is 4.39 Å². The van der Waals surface area contributed by atoms with Gasteiger partial charge in [0.25, 0.3) is 0 Å². The fourth-order valence-corrected chi connectivity index (χ4v) is 2.19. The summed E-state index contributed by atoms with van der Waals surface area (Å²) < 4.78 is 15.0. The second kappa shape index (κ2) is 6.48. The van der Waals surface area contributed by atoms with Crippen molar-refractivity contribution in [2.45, 2.75) is 32.9 Å². The summed E-state index contributed by atoms with van der Waals surface area (Å²) in [5.74, 6) is -0.206. The number of aromatic nitrogens is 2. The number of nitrogens with one attached hydrogen (secondary N) is 1. The highest BCUT2D eigenvalue weighted by Crippen LogP contribution is 2.22. The predicted molar refractivity (Wildman–Crippen MR) is 74.4 cm³/mol. The highest BCUT2D eigenvalue weighted by Gasteiger charge is 2.17. The van der Waals surface area contributed by atoms with Crippen LogP contribution in [-0.2, 0) is 6.54 Å². The van der Waals surface area contributed by atoms with E-state index in [-0.39, 0.29) is 11.9 Å². The topological polar surface area (TPSA) is 29.9 Å². The van der Waals surface area contributed by atoms with E-state index in [1.165, 1.54) is 12.1 Å². The van der Waals surface area contributed by atoms with Crippen molar-refractivity contribution in [3.63, 3.8) is 0 Å². The predicted octanol–water partition coefficient (Wildman–Crippen LogP) is 3.13. The maximum atomic E-state index is 13.1. The molecule has 1 unspecified atom stereocenters. The molecule has 4 heteroatoms. The summed E-state index contributed by atoms with van der Waals surface area (Å²) >= 11 is 0. The van der Waals surface area contributed by atoms with E-state index in [2.05, 4.69) is 24.3 Å². The van der Waals surface area contributed by atoms with E-state index >= 15 is 0 Å². The lowest BCUT2D eigenvalue weighted by Gasteiger charge is -2.20. The van der Waals surface area contributed by atoms with Crippen LogP contribution in [0.2, 0.25) is 0 Å². The van der Waals surface area contributed by atoms with Crippen molar-refractivity contribution in [3.05, 3.63) is 53.6 Å². The zero-order chi connectivity index (χ0) is 13.7. The lowest BCUT2D eigenvalue weighted by Crippen LogP contribution is -2.25. The molecule has 0 radical (unpaired) electrons. The van der Waals surface area contributed by atoms with E-state index in [1.54, 1.807) is 0 Å². The molecule has 0 saturated heterocycles. The quantitative estimate of drug-likeness (QED) is 0.865. The Hall–Kier alpha value is -1.68. The van der Waals surface area contributed by atoms with Crippen LogP contribution in [0.25, 0.3) is 0 Å². The average molecular weight is 261 g/mol. The molecule has 0 saturated carbocycles. The van der Waals surface area contributed by atoms with Crippen LogP contribution in [0.4, 0.5) is 4.39 Å². The van der Waals surface area contributed by atoms with Gasteiger partial charge in [-0.25, -0.2) is 4.39 Å². The largest absolute Gasteiger partial charge is 0.305 e. The molecule has 0 aliphatic carbocycles. The molecule has 1 aromatic heterocycles. The molecule has 3 nitrogen and oxygen atoms in total. The molecule has 0 aliphatic heterocycles. The summed E-state index contributed by atoms with van der Waals surface area (Å²) in [6, 6.07) is 8.74. The van der Waals surface area contributed by atoms with Crippen molar-refractivity contribution in [1.29, 1.82) is 0 Å². The first-order valence-corrected chi connectivity index (χ1v) is 6.76. The van der Waals surface area contributed by atoms with Crippen molar-refractivity contribution in [1.82, 2.24) is 15.1 Å². The lowest BCUT2D eigenvalue weighted by atomic mass is 10.0. The molecule has 0 aliphatic rings. The highest BCUT2D eigenvalue weighted by molar-refractivity contribution is 5.28. The zero-order valence-electron chi connectivity index (χ0n) is 11.4. The molecule has 0 bridgehead atoms. The van der Waals surface area contributed by atoms with Gasteiger partial charge in [0.2, 0.25) is 0 Å². The second-order valence-corrected chi connectivity index (χ2v) is 4.51. The molecule has 2 aromatic rings. The van der Waals surface area contributed by atoms with Gasteiger partial charge < -0.3 is 5.32 Å². The molecule has 1 heterocycles. The Kier molecular flexibility index (Phi) is 4.68. The summed E-state index contributed by atoms with van der Waals surface area (Å²) in [6.45, 7) is 5.94. The summed E-state index contributed by atoms with van der Waals surface area (Å²) in [7, 11) is 0. The Morgan fingerprint density at radius 3 is 2.58 bits per heavy atom. The van der Waals surface area contributed by atoms with Gasteiger partial charge in [0.05, 0.1) is 11.7 Å². The molecule has 0 amide bonds. The Bertz CT molecular complexity index is 504. The lowest BCUT2D eigenvalue weighted by molar-refractivity contribution is 0.528. The Morgan fingerprint density at radius 2 is 1.95 bits per heavy atom. The second-order valence-electron chi connectivity index (χ2n) is 4.51. The average Bonchev–Trinajstić information content (AvgIpc) is 2.89. The number of hydrogen-bond acceptors (Lipinski definition) is 2. The van der Waals surface area contributed by atoms with Crippen LogP contribution in [0.15, 0.2) is 36.5 Å². The van der Waals surface area contributed by atoms with Crippen LogP contribution in [-0.4, -0.2) is 16.3 Å². The van der Waals surface area contributed by atoms with Crippen LogP contribution in [0.1, 0.15) is 37.6 Å². The van der Waals surface area contributed by atoms with Gasteiger partial charge in [-0.1, -0.05) is 19.1 Å². The van der Waals surface area contributed by atoms with Gasteiger partial charge in [0.1, 0.15) is 5.82 Å². The molecule has 102 valence electrons. The third-order valence-corrected chi connectivity index (χ3v) is 3.15. The van der Waals surface area contributed by atoms with Crippen molar-refractivity contribution in [2.24, 2.45) is 0 Å².